The minimum atomic E-state index is -0.640. The van der Waals surface area contributed by atoms with Crippen LogP contribution in [0, 0.1) is 0 Å². The third-order valence-electron chi connectivity index (χ3n) is 5.31. The van der Waals surface area contributed by atoms with Crippen LogP contribution in [0.1, 0.15) is 29.8 Å². The van der Waals surface area contributed by atoms with Crippen LogP contribution < -0.4 is 5.32 Å². The van der Waals surface area contributed by atoms with Crippen LogP contribution in [0.5, 0.6) is 0 Å². The minimum Gasteiger partial charge on any atom is -0.389 e. The number of rotatable bonds is 3. The summed E-state index contributed by atoms with van der Waals surface area (Å²) in [5.41, 5.74) is 0.615. The Morgan fingerprint density at radius 2 is 2.21 bits per heavy atom. The van der Waals surface area contributed by atoms with Gasteiger partial charge in [0.2, 0.25) is 5.91 Å². The summed E-state index contributed by atoms with van der Waals surface area (Å²) in [6, 6.07) is 3.34. The highest BCUT2D eigenvalue weighted by Crippen LogP contribution is 2.28. The van der Waals surface area contributed by atoms with E-state index < -0.39 is 6.10 Å². The van der Waals surface area contributed by atoms with Gasteiger partial charge in [-0.05, 0) is 31.4 Å². The fourth-order valence-electron chi connectivity index (χ4n) is 3.91. The number of carbonyl (C=O) groups is 2. The smallest absolute Gasteiger partial charge is 0.270 e. The van der Waals surface area contributed by atoms with E-state index in [4.69, 9.17) is 0 Å². The molecule has 2 fully saturated rings. The van der Waals surface area contributed by atoms with Crippen LogP contribution in [-0.2, 0) is 11.8 Å². The molecule has 0 unspecified atom stereocenters. The number of hydrogen-bond donors (Lipinski definition) is 2. The highest BCUT2D eigenvalue weighted by Gasteiger charge is 2.40. The van der Waals surface area contributed by atoms with Gasteiger partial charge in [-0.25, -0.2) is 0 Å². The molecule has 1 saturated carbocycles. The average molecular weight is 334 g/mol. The van der Waals surface area contributed by atoms with Gasteiger partial charge in [0.15, 0.2) is 0 Å². The SMILES string of the molecule is CN(C(=O)c1cccn1C)[C@@H]1CCC[C@@H](N2CCNC(=O)C2)[C@@H]1O. The van der Waals surface area contributed by atoms with Crippen molar-refractivity contribution in [2.24, 2.45) is 7.05 Å². The predicted molar refractivity (Wildman–Crippen MR) is 89.5 cm³/mol. The molecule has 132 valence electrons. The molecule has 2 heterocycles. The Morgan fingerprint density at radius 1 is 1.42 bits per heavy atom. The van der Waals surface area contributed by atoms with Crippen molar-refractivity contribution in [3.8, 4) is 0 Å². The van der Waals surface area contributed by atoms with Crippen LogP contribution in [0.15, 0.2) is 18.3 Å². The number of piperazine rings is 1. The van der Waals surface area contributed by atoms with Gasteiger partial charge in [-0.3, -0.25) is 14.5 Å². The second-order valence-electron chi connectivity index (χ2n) is 6.80. The maximum absolute atomic E-state index is 12.7. The van der Waals surface area contributed by atoms with Gasteiger partial charge in [-0.1, -0.05) is 0 Å². The van der Waals surface area contributed by atoms with E-state index in [0.717, 1.165) is 25.8 Å². The molecule has 1 aliphatic carbocycles. The summed E-state index contributed by atoms with van der Waals surface area (Å²) < 4.78 is 1.79. The number of nitrogens with one attached hydrogen (secondary N) is 1. The summed E-state index contributed by atoms with van der Waals surface area (Å²) in [5, 5.41) is 13.7. The highest BCUT2D eigenvalue weighted by atomic mass is 16.3. The second kappa shape index (κ2) is 6.94. The van der Waals surface area contributed by atoms with Crippen LogP contribution in [-0.4, -0.2) is 76.2 Å². The van der Waals surface area contributed by atoms with Crippen molar-refractivity contribution in [3.63, 3.8) is 0 Å². The van der Waals surface area contributed by atoms with Crippen molar-refractivity contribution in [2.45, 2.75) is 37.5 Å². The highest BCUT2D eigenvalue weighted by molar-refractivity contribution is 5.92. The molecule has 0 bridgehead atoms. The van der Waals surface area contributed by atoms with E-state index in [1.807, 2.05) is 19.3 Å². The van der Waals surface area contributed by atoms with Crippen LogP contribution in [0.2, 0.25) is 0 Å². The molecule has 24 heavy (non-hydrogen) atoms. The molecule has 0 aromatic carbocycles. The standard InChI is InChI=1S/C17H26N4O3/c1-19-9-4-7-14(19)17(24)20(2)12-5-3-6-13(16(12)23)21-10-8-18-15(22)11-21/h4,7,9,12-13,16,23H,3,5-6,8,10-11H2,1-2H3,(H,18,22)/t12-,13-,16-/m1/s1. The third-order valence-corrected chi connectivity index (χ3v) is 5.31. The Labute approximate surface area is 142 Å². The van der Waals surface area contributed by atoms with E-state index in [1.54, 1.807) is 22.6 Å². The van der Waals surface area contributed by atoms with Crippen LogP contribution in [0.3, 0.4) is 0 Å². The number of likely N-dealkylation sites (N-methyl/N-ethyl adjacent to an activating group) is 1. The molecule has 2 N–H and O–H groups in total. The molecular formula is C17H26N4O3. The fourth-order valence-corrected chi connectivity index (χ4v) is 3.91. The van der Waals surface area contributed by atoms with Crippen molar-refractivity contribution in [1.29, 1.82) is 0 Å². The number of nitrogens with zero attached hydrogens (tertiary/aromatic N) is 3. The molecular weight excluding hydrogens is 308 g/mol. The second-order valence-corrected chi connectivity index (χ2v) is 6.80. The summed E-state index contributed by atoms with van der Waals surface area (Å²) in [5.74, 6) is -0.0765. The van der Waals surface area contributed by atoms with Crippen molar-refractivity contribution in [3.05, 3.63) is 24.0 Å². The van der Waals surface area contributed by atoms with Crippen LogP contribution in [0.4, 0.5) is 0 Å². The largest absolute Gasteiger partial charge is 0.389 e. The minimum absolute atomic E-state index is 0.00353. The lowest BCUT2D eigenvalue weighted by molar-refractivity contribution is -0.127. The number of hydrogen-bond acceptors (Lipinski definition) is 4. The zero-order valence-electron chi connectivity index (χ0n) is 14.3. The third kappa shape index (κ3) is 3.18. The van der Waals surface area contributed by atoms with Gasteiger partial charge in [0.05, 0.1) is 18.7 Å². The maximum atomic E-state index is 12.7. The van der Waals surface area contributed by atoms with Crippen LogP contribution in [0.25, 0.3) is 0 Å². The van der Waals surface area contributed by atoms with Crippen molar-refractivity contribution >= 4 is 11.8 Å². The number of carbonyl (C=O) groups excluding carboxylic acids is 2. The number of aryl methyl sites for hydroxylation is 1. The van der Waals surface area contributed by atoms with Crippen LogP contribution >= 0.6 is 0 Å². The van der Waals surface area contributed by atoms with E-state index in [1.165, 1.54) is 0 Å². The monoisotopic (exact) mass is 334 g/mol. The molecule has 2 aliphatic rings. The fraction of sp³-hybridized carbons (Fsp3) is 0.647. The molecule has 1 saturated heterocycles. The molecule has 1 aromatic rings. The Balaban J connectivity index is 1.72. The molecule has 7 nitrogen and oxygen atoms in total. The van der Waals surface area contributed by atoms with Gasteiger partial charge in [0.25, 0.3) is 5.91 Å². The topological polar surface area (TPSA) is 77.8 Å². The van der Waals surface area contributed by atoms with Gasteiger partial charge < -0.3 is 19.9 Å². The first-order chi connectivity index (χ1) is 11.5. The first kappa shape index (κ1) is 17.0. The predicted octanol–water partition coefficient (Wildman–Crippen LogP) is -0.189. The summed E-state index contributed by atoms with van der Waals surface area (Å²) in [6.07, 6.45) is 3.78. The Morgan fingerprint density at radius 3 is 2.88 bits per heavy atom. The van der Waals surface area contributed by atoms with Gasteiger partial charge >= 0.3 is 0 Å². The van der Waals surface area contributed by atoms with E-state index in [-0.39, 0.29) is 23.9 Å². The zero-order valence-corrected chi connectivity index (χ0v) is 14.3. The van der Waals surface area contributed by atoms with Gasteiger partial charge in [-0.15, -0.1) is 0 Å². The quantitative estimate of drug-likeness (QED) is 0.803. The van der Waals surface area contributed by atoms with Crippen molar-refractivity contribution in [1.82, 2.24) is 19.7 Å². The Bertz CT molecular complexity index is 615. The molecule has 3 atom stereocenters. The molecule has 7 heteroatoms. The number of aromatic nitrogens is 1. The first-order valence-electron chi connectivity index (χ1n) is 8.56. The normalized spacial score (nSPS) is 28.5. The lowest BCUT2D eigenvalue weighted by Gasteiger charge is -2.45. The number of aliphatic hydroxyl groups excluding tert-OH is 1. The first-order valence-corrected chi connectivity index (χ1v) is 8.56. The molecule has 2 amide bonds. The lowest BCUT2D eigenvalue weighted by Crippen LogP contribution is -2.61. The Kier molecular flexibility index (Phi) is 4.91. The van der Waals surface area contributed by atoms with Gasteiger partial charge in [0.1, 0.15) is 5.69 Å². The van der Waals surface area contributed by atoms with E-state index in [0.29, 0.717) is 18.8 Å². The summed E-state index contributed by atoms with van der Waals surface area (Å²) in [6.45, 7) is 1.68. The van der Waals surface area contributed by atoms with Gasteiger partial charge in [0, 0.05) is 39.4 Å². The molecule has 1 aliphatic heterocycles. The number of aliphatic hydroxyl groups is 1. The molecule has 1 aromatic heterocycles. The van der Waals surface area contributed by atoms with Crippen molar-refractivity contribution in [2.75, 3.05) is 26.7 Å². The van der Waals surface area contributed by atoms with E-state index in [9.17, 15) is 14.7 Å². The molecule has 0 spiro atoms. The maximum Gasteiger partial charge on any atom is 0.270 e. The van der Waals surface area contributed by atoms with E-state index in [2.05, 4.69) is 10.2 Å². The summed E-state index contributed by atoms with van der Waals surface area (Å²) in [4.78, 5) is 28.1. The Hall–Kier alpha value is -1.86. The summed E-state index contributed by atoms with van der Waals surface area (Å²) in [7, 11) is 3.60. The molecule has 0 radical (unpaired) electrons. The number of amides is 2. The molecule has 3 rings (SSSR count). The lowest BCUT2D eigenvalue weighted by atomic mass is 9.86. The summed E-state index contributed by atoms with van der Waals surface area (Å²) >= 11 is 0. The van der Waals surface area contributed by atoms with E-state index >= 15 is 0 Å². The van der Waals surface area contributed by atoms with Gasteiger partial charge in [-0.2, -0.15) is 0 Å². The average Bonchev–Trinajstić information content (AvgIpc) is 3.00. The van der Waals surface area contributed by atoms with Crippen molar-refractivity contribution < 1.29 is 14.7 Å². The zero-order chi connectivity index (χ0) is 17.3.